The van der Waals surface area contributed by atoms with Crippen molar-refractivity contribution in [3.05, 3.63) is 48.0 Å². The van der Waals surface area contributed by atoms with E-state index < -0.39 is 0 Å². The van der Waals surface area contributed by atoms with Crippen LogP contribution in [0.15, 0.2) is 36.7 Å². The summed E-state index contributed by atoms with van der Waals surface area (Å²) in [6, 6.07) is 8.03. The van der Waals surface area contributed by atoms with Crippen molar-refractivity contribution in [1.29, 1.82) is 0 Å². The standard InChI is InChI=1S/C29H36N8O2/c1-29(2,3)25-15-26(34-37(25)20-9-11-35(4)17-20)32-28-33-27-23(36(28)5)14-22(16-31-27)39-21-8-10-30-19(12-21)13-24(38)18-6-7-18/h8,10,12,14-16,18,20H,6-7,9,11,13,17H2,1-5H3,(H,31,32,33,34). The first kappa shape index (κ1) is 25.5. The van der Waals surface area contributed by atoms with Gasteiger partial charge in [0.2, 0.25) is 5.95 Å². The van der Waals surface area contributed by atoms with Crippen LogP contribution in [0.1, 0.15) is 57.5 Å². The number of rotatable bonds is 8. The number of aryl methyl sites for hydroxylation is 1. The summed E-state index contributed by atoms with van der Waals surface area (Å²) in [5, 5.41) is 8.39. The second kappa shape index (κ2) is 9.75. The minimum atomic E-state index is -0.0355. The average molecular weight is 529 g/mol. The van der Waals surface area contributed by atoms with Crippen molar-refractivity contribution in [3.8, 4) is 11.5 Å². The molecule has 5 heterocycles. The van der Waals surface area contributed by atoms with Crippen LogP contribution in [-0.2, 0) is 23.7 Å². The van der Waals surface area contributed by atoms with Crippen LogP contribution in [0, 0.1) is 5.92 Å². The Balaban J connectivity index is 1.22. The van der Waals surface area contributed by atoms with Gasteiger partial charge in [-0.1, -0.05) is 20.8 Å². The van der Waals surface area contributed by atoms with E-state index in [0.29, 0.717) is 35.6 Å². The number of aromatic nitrogens is 6. The molecule has 4 aromatic heterocycles. The summed E-state index contributed by atoms with van der Waals surface area (Å²) in [5.74, 6) is 3.12. The lowest BCUT2D eigenvalue weighted by Crippen LogP contribution is -2.24. The van der Waals surface area contributed by atoms with Crippen LogP contribution in [0.25, 0.3) is 11.2 Å². The number of likely N-dealkylation sites (tertiary alicyclic amines) is 1. The highest BCUT2D eigenvalue weighted by Gasteiger charge is 2.30. The highest BCUT2D eigenvalue weighted by atomic mass is 16.5. The minimum absolute atomic E-state index is 0.0355. The molecule has 1 saturated carbocycles. The number of nitrogens with one attached hydrogen (secondary N) is 1. The lowest BCUT2D eigenvalue weighted by molar-refractivity contribution is -0.119. The van der Waals surface area contributed by atoms with Gasteiger partial charge in [0.15, 0.2) is 11.5 Å². The second-order valence-corrected chi connectivity index (χ2v) is 11.9. The number of likely N-dealkylation sites (N-methyl/N-ethyl adjacent to an activating group) is 1. The van der Waals surface area contributed by atoms with E-state index >= 15 is 0 Å². The molecule has 4 aromatic rings. The van der Waals surface area contributed by atoms with Gasteiger partial charge in [-0.2, -0.15) is 10.1 Å². The number of imidazole rings is 1. The fourth-order valence-corrected chi connectivity index (χ4v) is 5.22. The van der Waals surface area contributed by atoms with E-state index in [1.54, 1.807) is 18.5 Å². The molecule has 204 valence electrons. The van der Waals surface area contributed by atoms with Crippen molar-refractivity contribution in [1.82, 2.24) is 34.2 Å². The average Bonchev–Trinajstić information content (AvgIpc) is 3.40. The molecule has 0 spiro atoms. The van der Waals surface area contributed by atoms with E-state index in [0.717, 1.165) is 49.4 Å². The lowest BCUT2D eigenvalue weighted by Gasteiger charge is -2.23. The number of hydrogen-bond donors (Lipinski definition) is 1. The summed E-state index contributed by atoms with van der Waals surface area (Å²) < 4.78 is 10.2. The van der Waals surface area contributed by atoms with E-state index in [1.165, 1.54) is 5.69 Å². The van der Waals surface area contributed by atoms with Gasteiger partial charge in [-0.05, 0) is 38.9 Å². The SMILES string of the molecule is CN1CCC(n2nc(Nc3nc4ncc(Oc5ccnc(CC(=O)C6CC6)c5)cc4n3C)cc2C(C)(C)C)C1. The van der Waals surface area contributed by atoms with Gasteiger partial charge in [0.1, 0.15) is 17.3 Å². The Morgan fingerprint density at radius 2 is 1.92 bits per heavy atom. The number of pyridine rings is 2. The predicted octanol–water partition coefficient (Wildman–Crippen LogP) is 4.79. The number of hydrogen-bond acceptors (Lipinski definition) is 8. The van der Waals surface area contributed by atoms with Crippen molar-refractivity contribution < 1.29 is 9.53 Å². The Morgan fingerprint density at radius 3 is 2.64 bits per heavy atom. The third-order valence-corrected chi connectivity index (χ3v) is 7.58. The third kappa shape index (κ3) is 5.38. The second-order valence-electron chi connectivity index (χ2n) is 11.9. The summed E-state index contributed by atoms with van der Waals surface area (Å²) in [6.07, 6.45) is 6.78. The van der Waals surface area contributed by atoms with Gasteiger partial charge in [-0.15, -0.1) is 0 Å². The van der Waals surface area contributed by atoms with Crippen molar-refractivity contribution in [2.45, 2.75) is 57.9 Å². The molecule has 10 nitrogen and oxygen atoms in total. The molecule has 0 amide bonds. The van der Waals surface area contributed by atoms with Crippen LogP contribution in [-0.4, -0.2) is 60.1 Å². The Hall–Kier alpha value is -3.79. The van der Waals surface area contributed by atoms with Crippen LogP contribution in [0.4, 0.5) is 11.8 Å². The maximum absolute atomic E-state index is 12.2. The Kier molecular flexibility index (Phi) is 6.37. The quantitative estimate of drug-likeness (QED) is 0.348. The number of carbonyl (C=O) groups excluding carboxylic acids is 1. The van der Waals surface area contributed by atoms with E-state index in [9.17, 15) is 4.79 Å². The molecule has 1 unspecified atom stereocenters. The molecular formula is C29H36N8O2. The van der Waals surface area contributed by atoms with Crippen LogP contribution in [0.2, 0.25) is 0 Å². The van der Waals surface area contributed by atoms with E-state index in [1.807, 2.05) is 23.7 Å². The molecule has 0 radical (unpaired) electrons. The van der Waals surface area contributed by atoms with Gasteiger partial charge in [-0.25, -0.2) is 4.98 Å². The maximum atomic E-state index is 12.2. The fraction of sp³-hybridized carbons (Fsp3) is 0.483. The van der Waals surface area contributed by atoms with Crippen molar-refractivity contribution in [2.75, 3.05) is 25.5 Å². The molecular weight excluding hydrogens is 492 g/mol. The largest absolute Gasteiger partial charge is 0.456 e. The molecule has 2 fully saturated rings. The Bertz CT molecular complexity index is 1530. The molecule has 2 aliphatic rings. The Labute approximate surface area is 228 Å². The number of anilines is 2. The molecule has 0 aromatic carbocycles. The molecule has 6 rings (SSSR count). The molecule has 10 heteroatoms. The zero-order valence-electron chi connectivity index (χ0n) is 23.3. The highest BCUT2D eigenvalue weighted by molar-refractivity contribution is 5.85. The highest BCUT2D eigenvalue weighted by Crippen LogP contribution is 2.33. The maximum Gasteiger partial charge on any atom is 0.210 e. The third-order valence-electron chi connectivity index (χ3n) is 7.58. The lowest BCUT2D eigenvalue weighted by atomic mass is 9.91. The molecule has 1 N–H and O–H groups in total. The summed E-state index contributed by atoms with van der Waals surface area (Å²) in [7, 11) is 4.11. The molecule has 1 aliphatic heterocycles. The van der Waals surface area contributed by atoms with Crippen LogP contribution >= 0.6 is 0 Å². The van der Waals surface area contributed by atoms with Gasteiger partial charge in [0.25, 0.3) is 0 Å². The topological polar surface area (TPSA) is 103 Å². The first-order chi connectivity index (χ1) is 18.6. The number of nitrogens with zero attached hydrogens (tertiary/aromatic N) is 7. The van der Waals surface area contributed by atoms with Gasteiger partial charge >= 0.3 is 0 Å². The zero-order chi connectivity index (χ0) is 27.3. The fourth-order valence-electron chi connectivity index (χ4n) is 5.22. The number of ketones is 1. The molecule has 1 atom stereocenters. The van der Waals surface area contributed by atoms with Crippen molar-refractivity contribution >= 4 is 28.7 Å². The number of ether oxygens (including phenoxy) is 1. The monoisotopic (exact) mass is 528 g/mol. The summed E-state index contributed by atoms with van der Waals surface area (Å²) in [6.45, 7) is 8.75. The van der Waals surface area contributed by atoms with Gasteiger partial charge in [0, 0.05) is 61.4 Å². The molecule has 39 heavy (non-hydrogen) atoms. The van der Waals surface area contributed by atoms with E-state index in [-0.39, 0.29) is 17.1 Å². The van der Waals surface area contributed by atoms with Crippen molar-refractivity contribution in [2.24, 2.45) is 13.0 Å². The van der Waals surface area contributed by atoms with Crippen LogP contribution < -0.4 is 10.1 Å². The number of Topliss-reactive ketones (excluding diaryl/α,β-unsaturated/α-hetero) is 1. The van der Waals surface area contributed by atoms with Gasteiger partial charge in [0.05, 0.1) is 23.4 Å². The van der Waals surface area contributed by atoms with E-state index in [4.69, 9.17) is 14.8 Å². The minimum Gasteiger partial charge on any atom is -0.456 e. The molecule has 0 bridgehead atoms. The van der Waals surface area contributed by atoms with Crippen molar-refractivity contribution in [3.63, 3.8) is 0 Å². The number of fused-ring (bicyclic) bond motifs is 1. The normalized spacial score (nSPS) is 18.1. The number of carbonyl (C=O) groups is 1. The van der Waals surface area contributed by atoms with Gasteiger partial charge < -0.3 is 19.5 Å². The van der Waals surface area contributed by atoms with E-state index in [2.05, 4.69) is 58.8 Å². The smallest absolute Gasteiger partial charge is 0.210 e. The summed E-state index contributed by atoms with van der Waals surface area (Å²) in [4.78, 5) is 28.1. The first-order valence-corrected chi connectivity index (χ1v) is 13.7. The zero-order valence-corrected chi connectivity index (χ0v) is 23.3. The summed E-state index contributed by atoms with van der Waals surface area (Å²) >= 11 is 0. The first-order valence-electron chi connectivity index (χ1n) is 13.7. The Morgan fingerprint density at radius 1 is 1.10 bits per heavy atom. The molecule has 1 aliphatic carbocycles. The van der Waals surface area contributed by atoms with Crippen LogP contribution in [0.5, 0.6) is 11.5 Å². The van der Waals surface area contributed by atoms with Gasteiger partial charge in [-0.3, -0.25) is 14.5 Å². The summed E-state index contributed by atoms with van der Waals surface area (Å²) in [5.41, 5.74) is 3.34. The molecule has 1 saturated heterocycles. The van der Waals surface area contributed by atoms with Crippen LogP contribution in [0.3, 0.4) is 0 Å². The predicted molar refractivity (Wildman–Crippen MR) is 150 cm³/mol.